The second-order valence-electron chi connectivity index (χ2n) is 29.6. The summed E-state index contributed by atoms with van der Waals surface area (Å²) in [6, 6.07) is 21.3. The largest absolute Gasteiger partial charge is 0.466 e. The van der Waals surface area contributed by atoms with Crippen molar-refractivity contribution in [2.75, 3.05) is 104 Å². The summed E-state index contributed by atoms with van der Waals surface area (Å²) in [5, 5.41) is 0. The van der Waals surface area contributed by atoms with Crippen molar-refractivity contribution in [3.05, 3.63) is 72.8 Å². The lowest BCUT2D eigenvalue weighted by Gasteiger charge is -2.36. The molecule has 0 unspecified atom stereocenters. The minimum absolute atomic E-state index is 0.0938. The molecule has 2 fully saturated rings. The highest BCUT2D eigenvalue weighted by Gasteiger charge is 2.36. The number of unbranched alkanes of at least 4 members (excludes halogenated alkanes) is 24. The Labute approximate surface area is 633 Å². The number of anilines is 4. The van der Waals surface area contributed by atoms with Gasteiger partial charge in [0.1, 0.15) is 0 Å². The van der Waals surface area contributed by atoms with Crippen molar-refractivity contribution < 1.29 is 55.0 Å². The lowest BCUT2D eigenvalue weighted by atomic mass is 9.94. The Morgan fingerprint density at radius 1 is 0.413 bits per heavy atom. The van der Waals surface area contributed by atoms with Crippen LogP contribution in [0.5, 0.6) is 11.5 Å². The first-order valence-electron chi connectivity index (χ1n) is 39.9. The average molecular weight is 1510 g/mol. The molecule has 0 atom stereocenters. The molecule has 4 heterocycles. The van der Waals surface area contributed by atoms with Crippen molar-refractivity contribution in [3.63, 3.8) is 0 Å². The molecule has 2 saturated heterocycles. The molecule has 0 spiro atoms. The normalized spacial score (nSPS) is 15.2. The molecule has 0 aliphatic carbocycles. The van der Waals surface area contributed by atoms with Crippen LogP contribution >= 0.6 is 23.5 Å². The van der Waals surface area contributed by atoms with Crippen molar-refractivity contribution in [2.24, 2.45) is 11.8 Å². The Hall–Kier alpha value is -5.20. The molecule has 8 rings (SSSR count). The van der Waals surface area contributed by atoms with E-state index in [4.69, 9.17) is 18.9 Å². The van der Waals surface area contributed by atoms with Crippen molar-refractivity contribution in [2.45, 2.75) is 274 Å². The van der Waals surface area contributed by atoms with Gasteiger partial charge in [0.15, 0.2) is 11.5 Å². The smallest absolute Gasteiger partial charge is 0.423 e. The number of hydrogen-bond donors (Lipinski definition) is 0. The number of likely N-dealkylation sites (tertiary alicyclic amines) is 2. The van der Waals surface area contributed by atoms with E-state index in [1.54, 1.807) is 12.1 Å². The first-order chi connectivity index (χ1) is 50.4. The molecule has 0 radical (unpaired) electrons. The Balaban J connectivity index is 0.856. The van der Waals surface area contributed by atoms with Gasteiger partial charge in [0.25, 0.3) is 0 Å². The van der Waals surface area contributed by atoms with Gasteiger partial charge in [-0.25, -0.2) is 35.0 Å². The molecule has 104 heavy (non-hydrogen) atoms. The summed E-state index contributed by atoms with van der Waals surface area (Å²) in [5.41, 5.74) is 2.50. The maximum absolute atomic E-state index is 14.7. The summed E-state index contributed by atoms with van der Waals surface area (Å²) in [4.78, 5) is 66.0. The highest BCUT2D eigenvalue weighted by atomic mass is 32.2. The lowest BCUT2D eigenvalue weighted by Crippen LogP contribution is -2.36. The number of carbonyl (C=O) groups excluding carboxylic acids is 4. The summed E-state index contributed by atoms with van der Waals surface area (Å²) in [6.07, 6.45) is 40.9. The third-order valence-electron chi connectivity index (χ3n) is 21.1. The molecule has 0 aromatic heterocycles. The molecule has 4 aromatic carbocycles. The van der Waals surface area contributed by atoms with Gasteiger partial charge in [-0.3, -0.25) is 9.59 Å². The van der Waals surface area contributed by atoms with Crippen LogP contribution in [0.4, 0.5) is 22.7 Å². The van der Waals surface area contributed by atoms with Gasteiger partial charge in [-0.1, -0.05) is 216 Å². The van der Waals surface area contributed by atoms with Crippen LogP contribution in [0.1, 0.15) is 245 Å². The summed E-state index contributed by atoms with van der Waals surface area (Å²) in [5.74, 6) is -2.43. The zero-order valence-corrected chi connectivity index (χ0v) is 67.1. The molecule has 4 aliphatic heterocycles. The third kappa shape index (κ3) is 26.6. The molecule has 4 aromatic rings. The van der Waals surface area contributed by atoms with Gasteiger partial charge in [-0.15, -0.1) is 0 Å². The van der Waals surface area contributed by atoms with E-state index < -0.39 is 32.0 Å². The van der Waals surface area contributed by atoms with E-state index in [0.717, 1.165) is 133 Å². The van der Waals surface area contributed by atoms with Gasteiger partial charge in [0, 0.05) is 85.8 Å². The molecule has 4 aliphatic rings. The molecule has 22 heteroatoms. The number of nitrogens with zero attached hydrogens (tertiary/aromatic N) is 6. The van der Waals surface area contributed by atoms with Crippen LogP contribution in [0.2, 0.25) is 0 Å². The van der Waals surface area contributed by atoms with Crippen LogP contribution in [-0.2, 0) is 48.7 Å². The molecule has 0 amide bonds. The number of esters is 4. The van der Waals surface area contributed by atoms with Gasteiger partial charge in [-0.2, -0.15) is 0 Å². The van der Waals surface area contributed by atoms with Gasteiger partial charge >= 0.3 is 23.9 Å². The summed E-state index contributed by atoms with van der Waals surface area (Å²) >= 11 is 2.68. The number of sulfonamides is 2. The van der Waals surface area contributed by atoms with E-state index in [9.17, 15) is 36.0 Å². The van der Waals surface area contributed by atoms with E-state index in [2.05, 4.69) is 23.6 Å². The number of benzene rings is 4. The maximum Gasteiger partial charge on any atom is 0.423 e. The zero-order chi connectivity index (χ0) is 74.1. The van der Waals surface area contributed by atoms with E-state index in [-0.39, 0.29) is 33.2 Å². The van der Waals surface area contributed by atoms with Gasteiger partial charge in [-0.05, 0) is 152 Å². The fraction of sp³-hybridized carbons (Fsp3) is 0.659. The Kier molecular flexibility index (Phi) is 36.5. The lowest BCUT2D eigenvalue weighted by molar-refractivity contribution is -0.156. The number of ether oxygens (including phenoxy) is 4. The Bertz CT molecular complexity index is 3310. The van der Waals surface area contributed by atoms with E-state index in [0.29, 0.717) is 85.0 Å². The average Bonchev–Trinajstić information content (AvgIpc) is 0.752. The van der Waals surface area contributed by atoms with E-state index >= 15 is 0 Å². The fourth-order valence-electron chi connectivity index (χ4n) is 14.7. The summed E-state index contributed by atoms with van der Waals surface area (Å²) in [7, 11) is -2.54. The quantitative estimate of drug-likeness (QED) is 0.0175. The van der Waals surface area contributed by atoms with Crippen molar-refractivity contribution in [3.8, 4) is 11.5 Å². The Morgan fingerprint density at radius 2 is 0.731 bits per heavy atom. The zero-order valence-electron chi connectivity index (χ0n) is 63.8. The minimum Gasteiger partial charge on any atom is -0.466 e. The number of hydrogen-bond acceptors (Lipinski definition) is 18. The summed E-state index contributed by atoms with van der Waals surface area (Å²) in [6.45, 7) is 11.5. The first kappa shape index (κ1) is 84.4. The standard InChI is InChI=1S/C82H124N6O12S4/c1-7-9-11-13-15-17-19-21-23-25-27-29-31-43-77(89)97-59-49-65-45-55-85(56-46-65)51-37-53-87-69-39-33-35-41-73(69)101-75-63-67(103(93,94)83(3)4)61-71(79(75)87)99-81(91)82(92)100-72-62-68(104(95,96)84(5)6)64-76-80(72)88(70-40-34-36-42-74(70)102-76)54-38-52-86-57-47-66(48-58-86)50-60-98-78(90)44-32-30-28-26-24-22-20-18-16-14-12-10-8-2/h33-36,39-42,61-66H,7-32,37-38,43-60H2,1-6H3. The number of fused-ring (bicyclic) bond motifs is 4. The predicted octanol–water partition coefficient (Wildman–Crippen LogP) is 18.9. The van der Waals surface area contributed by atoms with Crippen LogP contribution < -0.4 is 19.3 Å². The van der Waals surface area contributed by atoms with Crippen LogP contribution in [0, 0.1) is 11.8 Å². The SMILES string of the molecule is CCCCCCCCCCCCCCCC(=O)OCCC1CCN(CCCN2c3ccccc3Sc3cc(S(=O)(=O)N(C)C)cc(OC(=O)C(=O)Oc4cc(S(=O)(=O)N(C)C)cc5c4N(CCCN4CCC(CCOC(=O)CCCCCCCCCCCCCCC)CC4)c4ccccc4S5)c32)CC1. The van der Waals surface area contributed by atoms with Crippen molar-refractivity contribution >= 4 is 90.2 Å². The molecule has 18 nitrogen and oxygen atoms in total. The Morgan fingerprint density at radius 3 is 1.06 bits per heavy atom. The van der Waals surface area contributed by atoms with Crippen molar-refractivity contribution in [1.82, 2.24) is 18.4 Å². The van der Waals surface area contributed by atoms with Crippen LogP contribution in [0.15, 0.2) is 102 Å². The first-order valence-corrected chi connectivity index (χ1v) is 44.4. The minimum atomic E-state index is -4.11. The molecular weight excluding hydrogens is 1390 g/mol. The third-order valence-corrected chi connectivity index (χ3v) is 26.9. The summed E-state index contributed by atoms with van der Waals surface area (Å²) < 4.78 is 82.0. The van der Waals surface area contributed by atoms with Gasteiger partial charge in [0.05, 0.1) is 45.8 Å². The second-order valence-corrected chi connectivity index (χ2v) is 36.1. The highest BCUT2D eigenvalue weighted by molar-refractivity contribution is 8.00. The number of para-hydroxylation sites is 2. The second kappa shape index (κ2) is 44.9. The molecule has 0 bridgehead atoms. The maximum atomic E-state index is 14.7. The van der Waals surface area contributed by atoms with Gasteiger partial charge < -0.3 is 38.5 Å². The topological polar surface area (TPSA) is 193 Å². The predicted molar refractivity (Wildman–Crippen MR) is 420 cm³/mol. The number of carbonyl (C=O) groups is 4. The monoisotopic (exact) mass is 1510 g/mol. The molecule has 578 valence electrons. The van der Waals surface area contributed by atoms with E-state index in [1.165, 1.54) is 205 Å². The molecule has 0 N–H and O–H groups in total. The van der Waals surface area contributed by atoms with Crippen LogP contribution in [-0.4, -0.2) is 153 Å². The molecular formula is C82H124N6O12S4. The number of rotatable bonds is 48. The van der Waals surface area contributed by atoms with Gasteiger partial charge in [0.2, 0.25) is 20.0 Å². The van der Waals surface area contributed by atoms with E-state index in [1.807, 2.05) is 58.3 Å². The van der Waals surface area contributed by atoms with Crippen LogP contribution in [0.25, 0.3) is 0 Å². The van der Waals surface area contributed by atoms with Crippen LogP contribution in [0.3, 0.4) is 0 Å². The fourth-order valence-corrected chi connectivity index (χ4v) is 19.1. The highest BCUT2D eigenvalue weighted by Crippen LogP contribution is 2.55. The number of piperidine rings is 2. The molecule has 0 saturated carbocycles. The van der Waals surface area contributed by atoms with Crippen molar-refractivity contribution in [1.29, 1.82) is 0 Å².